The summed E-state index contributed by atoms with van der Waals surface area (Å²) in [6.07, 6.45) is 8.97. The summed E-state index contributed by atoms with van der Waals surface area (Å²) >= 11 is 1.78. The highest BCUT2D eigenvalue weighted by atomic mass is 32.2. The Hall–Kier alpha value is -1.41. The molecular formula is C20H26B3N5OS. The molecule has 1 aliphatic heterocycles. The number of pyridine rings is 1. The minimum Gasteiger partial charge on any atom is -0.351 e. The summed E-state index contributed by atoms with van der Waals surface area (Å²) < 4.78 is 4.12. The molecule has 2 fully saturated rings. The van der Waals surface area contributed by atoms with Gasteiger partial charge >= 0.3 is 0 Å². The van der Waals surface area contributed by atoms with Gasteiger partial charge < -0.3 is 5.32 Å². The van der Waals surface area contributed by atoms with Crippen LogP contribution in [0.15, 0.2) is 17.1 Å². The number of fused-ring (bicyclic) bond motifs is 1. The number of hydrogen-bond donors (Lipinski definition) is 1. The lowest BCUT2D eigenvalue weighted by molar-refractivity contribution is 0.358. The number of nitrogens with one attached hydrogen (secondary N) is 1. The molecule has 3 heterocycles. The maximum atomic E-state index is 13.4. The fourth-order valence-corrected chi connectivity index (χ4v) is 5.26. The zero-order chi connectivity index (χ0) is 21.5. The topological polar surface area (TPSA) is 63.1 Å². The van der Waals surface area contributed by atoms with E-state index >= 15 is 0 Å². The average molecular weight is 417 g/mol. The van der Waals surface area contributed by atoms with Crippen LogP contribution < -0.4 is 10.9 Å². The van der Waals surface area contributed by atoms with Crippen molar-refractivity contribution >= 4 is 52.5 Å². The van der Waals surface area contributed by atoms with Crippen molar-refractivity contribution in [1.82, 2.24) is 18.8 Å². The molecule has 1 aliphatic carbocycles. The molecule has 6 nitrogen and oxygen atoms in total. The molecule has 2 aromatic heterocycles. The maximum absolute atomic E-state index is 13.4. The van der Waals surface area contributed by atoms with Crippen LogP contribution in [0.3, 0.4) is 0 Å². The molecule has 1 saturated carbocycles. The van der Waals surface area contributed by atoms with Crippen LogP contribution in [0.4, 0.5) is 5.95 Å². The number of nitrogens with zero attached hydrogens (tertiary/aromatic N) is 4. The van der Waals surface area contributed by atoms with Crippen molar-refractivity contribution in [2.45, 2.75) is 56.2 Å². The van der Waals surface area contributed by atoms with E-state index in [-0.39, 0.29) is 17.2 Å². The summed E-state index contributed by atoms with van der Waals surface area (Å²) in [5.41, 5.74) is 0.542. The Morgan fingerprint density at radius 2 is 1.93 bits per heavy atom. The maximum Gasteiger partial charge on any atom is 0.254 e. The second-order valence-corrected chi connectivity index (χ2v) is 9.53. The lowest BCUT2D eigenvalue weighted by atomic mass is 9.40. The summed E-state index contributed by atoms with van der Waals surface area (Å²) in [5.74, 6) is 0.919. The number of piperidine rings is 1. The van der Waals surface area contributed by atoms with Gasteiger partial charge in [0.2, 0.25) is 5.95 Å². The van der Waals surface area contributed by atoms with Crippen LogP contribution in [0.2, 0.25) is 0 Å². The summed E-state index contributed by atoms with van der Waals surface area (Å²) in [6, 6.07) is 2.00. The third-order valence-corrected chi connectivity index (χ3v) is 7.31. The van der Waals surface area contributed by atoms with E-state index in [2.05, 4.69) is 27.8 Å². The number of aromatic nitrogens is 3. The Bertz CT molecular complexity index is 971. The van der Waals surface area contributed by atoms with E-state index in [0.29, 0.717) is 23.6 Å². The predicted molar refractivity (Wildman–Crippen MR) is 127 cm³/mol. The predicted octanol–water partition coefficient (Wildman–Crippen LogP) is 1.92. The molecule has 2 unspecified atom stereocenters. The van der Waals surface area contributed by atoms with E-state index in [4.69, 9.17) is 28.5 Å². The van der Waals surface area contributed by atoms with Gasteiger partial charge in [0, 0.05) is 36.8 Å². The molecule has 2 atom stereocenters. The van der Waals surface area contributed by atoms with Crippen LogP contribution in [-0.4, -0.2) is 67.8 Å². The molecule has 10 heteroatoms. The molecule has 152 valence electrons. The molecular weight excluding hydrogens is 391 g/mol. The van der Waals surface area contributed by atoms with E-state index in [9.17, 15) is 4.79 Å². The minimum absolute atomic E-state index is 0.0508. The van der Waals surface area contributed by atoms with Gasteiger partial charge in [0.05, 0.1) is 23.5 Å². The van der Waals surface area contributed by atoms with Gasteiger partial charge in [-0.05, 0) is 49.5 Å². The van der Waals surface area contributed by atoms with E-state index in [1.165, 1.54) is 0 Å². The minimum atomic E-state index is -1.71. The van der Waals surface area contributed by atoms with Crippen LogP contribution in [0.5, 0.6) is 0 Å². The standard InChI is InChI=1S/C20H26B3N5OS/c1-12-4-3-5-16(12)28-17-13(10-15(18(28)29)20(21,22)23)11-24-19(26-17)25-14-6-8-27(30-2)9-7-14/h10-12,14,16H,3-9H2,1-2H3,(H,24,25,26). The second-order valence-electron chi connectivity index (χ2n) is 8.64. The molecule has 6 radical (unpaired) electrons. The first-order valence-corrected chi connectivity index (χ1v) is 11.8. The third-order valence-electron chi connectivity index (χ3n) is 6.43. The zero-order valence-corrected chi connectivity index (χ0v) is 18.5. The first-order valence-electron chi connectivity index (χ1n) is 10.6. The lowest BCUT2D eigenvalue weighted by Gasteiger charge is -2.30. The fraction of sp³-hybridized carbons (Fsp3) is 0.650. The molecule has 1 N–H and O–H groups in total. The van der Waals surface area contributed by atoms with Gasteiger partial charge in [0.25, 0.3) is 5.56 Å². The van der Waals surface area contributed by atoms with Gasteiger partial charge in [0.15, 0.2) is 0 Å². The highest BCUT2D eigenvalue weighted by molar-refractivity contribution is 7.96. The Morgan fingerprint density at radius 1 is 1.20 bits per heavy atom. The summed E-state index contributed by atoms with van der Waals surface area (Å²) in [7, 11) is 17.7. The van der Waals surface area contributed by atoms with Crippen LogP contribution in [0.25, 0.3) is 11.0 Å². The Morgan fingerprint density at radius 3 is 2.53 bits per heavy atom. The van der Waals surface area contributed by atoms with E-state index < -0.39 is 5.11 Å². The molecule has 0 amide bonds. The summed E-state index contributed by atoms with van der Waals surface area (Å²) in [5, 5.41) is 2.47. The number of hydrogen-bond acceptors (Lipinski definition) is 6. The fourth-order valence-electron chi connectivity index (χ4n) is 4.68. The van der Waals surface area contributed by atoms with Gasteiger partial charge in [-0.2, -0.15) is 4.98 Å². The van der Waals surface area contributed by atoms with E-state index in [0.717, 1.165) is 50.6 Å². The van der Waals surface area contributed by atoms with E-state index in [1.54, 1.807) is 28.8 Å². The smallest absolute Gasteiger partial charge is 0.254 e. The lowest BCUT2D eigenvalue weighted by Crippen LogP contribution is -2.39. The Balaban J connectivity index is 1.74. The normalized spacial score (nSPS) is 23.8. The summed E-state index contributed by atoms with van der Waals surface area (Å²) in [4.78, 5) is 22.6. The monoisotopic (exact) mass is 417 g/mol. The van der Waals surface area contributed by atoms with Crippen LogP contribution >= 0.6 is 11.9 Å². The van der Waals surface area contributed by atoms with Crippen molar-refractivity contribution in [3.8, 4) is 0 Å². The second kappa shape index (κ2) is 8.62. The zero-order valence-electron chi connectivity index (χ0n) is 17.7. The highest BCUT2D eigenvalue weighted by Crippen LogP contribution is 2.36. The van der Waals surface area contributed by atoms with Gasteiger partial charge in [-0.3, -0.25) is 13.7 Å². The average Bonchev–Trinajstić information content (AvgIpc) is 3.12. The highest BCUT2D eigenvalue weighted by Gasteiger charge is 2.30. The van der Waals surface area contributed by atoms with Gasteiger partial charge in [-0.1, -0.05) is 25.3 Å². The van der Waals surface area contributed by atoms with Crippen molar-refractivity contribution in [1.29, 1.82) is 0 Å². The van der Waals surface area contributed by atoms with Gasteiger partial charge in [-0.25, -0.2) is 4.98 Å². The number of rotatable bonds is 5. The molecule has 30 heavy (non-hydrogen) atoms. The van der Waals surface area contributed by atoms with Crippen molar-refractivity contribution in [2.24, 2.45) is 5.92 Å². The molecule has 2 aliphatic rings. The van der Waals surface area contributed by atoms with Crippen LogP contribution in [0.1, 0.15) is 50.6 Å². The molecule has 4 rings (SSSR count). The SMILES string of the molecule is [B]C([B])([B])c1cc2cnc(NC3CCN(SC)CC3)nc2n(C2CCCC2C)c1=O. The molecule has 2 aromatic rings. The molecule has 0 aromatic carbocycles. The third kappa shape index (κ3) is 4.31. The van der Waals surface area contributed by atoms with Crippen molar-refractivity contribution < 1.29 is 0 Å². The van der Waals surface area contributed by atoms with Crippen molar-refractivity contribution in [3.05, 3.63) is 28.2 Å². The first kappa shape index (κ1) is 21.8. The molecule has 1 saturated heterocycles. The van der Waals surface area contributed by atoms with E-state index in [1.807, 2.05) is 0 Å². The van der Waals surface area contributed by atoms with Crippen LogP contribution in [0, 0.1) is 5.92 Å². The van der Waals surface area contributed by atoms with Gasteiger partial charge in [-0.15, -0.1) is 5.11 Å². The van der Waals surface area contributed by atoms with Crippen molar-refractivity contribution in [3.63, 3.8) is 0 Å². The van der Waals surface area contributed by atoms with Crippen LogP contribution in [-0.2, 0) is 5.11 Å². The largest absolute Gasteiger partial charge is 0.351 e. The Labute approximate surface area is 186 Å². The number of anilines is 1. The molecule has 0 bridgehead atoms. The van der Waals surface area contributed by atoms with Crippen molar-refractivity contribution in [2.75, 3.05) is 24.7 Å². The quantitative estimate of drug-likeness (QED) is 0.593. The van der Waals surface area contributed by atoms with Gasteiger partial charge in [0.1, 0.15) is 5.65 Å². The summed E-state index contributed by atoms with van der Waals surface area (Å²) in [6.45, 7) is 4.24. The molecule has 0 spiro atoms. The first-order chi connectivity index (χ1) is 14.3. The Kier molecular flexibility index (Phi) is 6.26.